The van der Waals surface area contributed by atoms with Crippen molar-refractivity contribution in [3.63, 3.8) is 0 Å². The van der Waals surface area contributed by atoms with Gasteiger partial charge in [0.2, 0.25) is 5.91 Å². The first kappa shape index (κ1) is 13.0. The number of para-hydroxylation sites is 2. The van der Waals surface area contributed by atoms with E-state index in [1.54, 1.807) is 6.07 Å². The van der Waals surface area contributed by atoms with Gasteiger partial charge in [0.25, 0.3) is 0 Å². The number of benzene rings is 1. The van der Waals surface area contributed by atoms with Crippen LogP contribution in [0, 0.1) is 0 Å². The van der Waals surface area contributed by atoms with Gasteiger partial charge in [-0.2, -0.15) is 0 Å². The number of nitrogens with one attached hydrogen (secondary N) is 2. The van der Waals surface area contributed by atoms with Crippen molar-refractivity contribution in [1.82, 2.24) is 24.8 Å². The minimum atomic E-state index is -0.448. The van der Waals surface area contributed by atoms with Crippen molar-refractivity contribution in [1.29, 1.82) is 0 Å². The number of carbonyl (C=O) groups excluding carboxylic acids is 1. The third kappa shape index (κ3) is 2.97. The molecule has 7 heteroatoms. The summed E-state index contributed by atoms with van der Waals surface area (Å²) >= 11 is 0. The van der Waals surface area contributed by atoms with E-state index in [1.807, 2.05) is 24.3 Å². The first-order valence-electron chi connectivity index (χ1n) is 6.44. The number of hydrogen-bond acceptors (Lipinski definition) is 4. The zero-order chi connectivity index (χ0) is 14.7. The van der Waals surface area contributed by atoms with Crippen molar-refractivity contribution in [2.75, 3.05) is 0 Å². The van der Waals surface area contributed by atoms with Crippen LogP contribution in [0.15, 0.2) is 47.5 Å². The lowest BCUT2D eigenvalue weighted by atomic mass is 10.3. The summed E-state index contributed by atoms with van der Waals surface area (Å²) in [5, 5.41) is 2.72. The molecule has 0 saturated carbocycles. The van der Waals surface area contributed by atoms with Gasteiger partial charge in [0.1, 0.15) is 12.4 Å². The van der Waals surface area contributed by atoms with Crippen molar-refractivity contribution in [3.05, 3.63) is 59.0 Å². The van der Waals surface area contributed by atoms with Gasteiger partial charge in [0.05, 0.1) is 17.6 Å². The molecule has 2 N–H and O–H groups in total. The van der Waals surface area contributed by atoms with Gasteiger partial charge < -0.3 is 10.3 Å². The number of amides is 1. The monoisotopic (exact) mass is 283 g/mol. The molecular weight excluding hydrogens is 270 g/mol. The van der Waals surface area contributed by atoms with Crippen LogP contribution in [-0.4, -0.2) is 25.4 Å². The second-order valence-electron chi connectivity index (χ2n) is 4.51. The third-order valence-electron chi connectivity index (χ3n) is 2.99. The lowest BCUT2D eigenvalue weighted by molar-refractivity contribution is -0.121. The van der Waals surface area contributed by atoms with Crippen molar-refractivity contribution >= 4 is 16.9 Å². The number of aromatic amines is 1. The highest BCUT2D eigenvalue weighted by Crippen LogP contribution is 2.09. The Morgan fingerprint density at radius 3 is 2.95 bits per heavy atom. The van der Waals surface area contributed by atoms with Gasteiger partial charge in [-0.25, -0.2) is 14.8 Å². The Labute approximate surface area is 119 Å². The zero-order valence-corrected chi connectivity index (χ0v) is 11.1. The Bertz CT molecular complexity index is 803. The van der Waals surface area contributed by atoms with E-state index in [0.29, 0.717) is 5.82 Å². The van der Waals surface area contributed by atoms with E-state index in [0.717, 1.165) is 11.0 Å². The molecule has 0 aliphatic rings. The summed E-state index contributed by atoms with van der Waals surface area (Å²) < 4.78 is 1.24. The maximum atomic E-state index is 11.8. The number of aromatic nitrogens is 4. The number of nitrogens with zero attached hydrogens (tertiary/aromatic N) is 3. The van der Waals surface area contributed by atoms with Crippen LogP contribution >= 0.6 is 0 Å². The van der Waals surface area contributed by atoms with E-state index in [4.69, 9.17) is 0 Å². The summed E-state index contributed by atoms with van der Waals surface area (Å²) in [4.78, 5) is 34.3. The molecule has 106 valence electrons. The second-order valence-corrected chi connectivity index (χ2v) is 4.51. The molecule has 0 atom stereocenters. The molecule has 2 aromatic heterocycles. The molecule has 0 fully saturated rings. The third-order valence-corrected chi connectivity index (χ3v) is 2.99. The van der Waals surface area contributed by atoms with Crippen LogP contribution in [0.5, 0.6) is 0 Å². The molecule has 0 radical (unpaired) electrons. The minimum absolute atomic E-state index is 0.0626. The van der Waals surface area contributed by atoms with Gasteiger partial charge in [-0.3, -0.25) is 9.36 Å². The Morgan fingerprint density at radius 2 is 2.14 bits per heavy atom. The van der Waals surface area contributed by atoms with Crippen molar-refractivity contribution in [2.24, 2.45) is 0 Å². The molecule has 3 rings (SSSR count). The fourth-order valence-corrected chi connectivity index (χ4v) is 1.99. The molecular formula is C14H13N5O2. The van der Waals surface area contributed by atoms with E-state index in [-0.39, 0.29) is 19.0 Å². The fraction of sp³-hybridized carbons (Fsp3) is 0.143. The maximum Gasteiger partial charge on any atom is 0.347 e. The van der Waals surface area contributed by atoms with Gasteiger partial charge in [0, 0.05) is 12.4 Å². The standard InChI is InChI=1S/C14H13N5O2/c20-13(9-19-7-3-6-15-14(19)21)16-8-12-17-10-4-1-2-5-11(10)18-12/h1-7H,8-9H2,(H,16,20)(H,17,18). The highest BCUT2D eigenvalue weighted by atomic mass is 16.2. The summed E-state index contributed by atoms with van der Waals surface area (Å²) in [6.07, 6.45) is 2.92. The van der Waals surface area contributed by atoms with E-state index in [1.165, 1.54) is 17.0 Å². The molecule has 2 heterocycles. The van der Waals surface area contributed by atoms with Crippen LogP contribution in [0.1, 0.15) is 5.82 Å². The van der Waals surface area contributed by atoms with Gasteiger partial charge >= 0.3 is 5.69 Å². The normalized spacial score (nSPS) is 10.7. The van der Waals surface area contributed by atoms with Crippen LogP contribution in [0.25, 0.3) is 11.0 Å². The fourth-order valence-electron chi connectivity index (χ4n) is 1.99. The molecule has 21 heavy (non-hydrogen) atoms. The Morgan fingerprint density at radius 1 is 1.29 bits per heavy atom. The maximum absolute atomic E-state index is 11.8. The first-order chi connectivity index (χ1) is 10.2. The van der Waals surface area contributed by atoms with E-state index >= 15 is 0 Å². The largest absolute Gasteiger partial charge is 0.347 e. The number of fused-ring (bicyclic) bond motifs is 1. The topological polar surface area (TPSA) is 92.7 Å². The van der Waals surface area contributed by atoms with E-state index < -0.39 is 5.69 Å². The number of carbonyl (C=O) groups is 1. The number of hydrogen-bond donors (Lipinski definition) is 2. The van der Waals surface area contributed by atoms with Gasteiger partial charge in [-0.1, -0.05) is 12.1 Å². The molecule has 0 saturated heterocycles. The van der Waals surface area contributed by atoms with Crippen molar-refractivity contribution in [2.45, 2.75) is 13.1 Å². The van der Waals surface area contributed by atoms with Crippen LogP contribution in [0.2, 0.25) is 0 Å². The zero-order valence-electron chi connectivity index (χ0n) is 11.1. The van der Waals surface area contributed by atoms with Crippen molar-refractivity contribution < 1.29 is 4.79 Å². The molecule has 1 amide bonds. The predicted molar refractivity (Wildman–Crippen MR) is 76.4 cm³/mol. The number of H-pyrrole nitrogens is 1. The molecule has 3 aromatic rings. The summed E-state index contributed by atoms with van der Waals surface area (Å²) in [5.41, 5.74) is 1.33. The first-order valence-corrected chi connectivity index (χ1v) is 6.44. The molecule has 0 spiro atoms. The van der Waals surface area contributed by atoms with E-state index in [2.05, 4.69) is 20.3 Å². The van der Waals surface area contributed by atoms with Gasteiger partial charge in [0.15, 0.2) is 0 Å². The molecule has 0 aliphatic heterocycles. The predicted octanol–water partition coefficient (Wildman–Crippen LogP) is 0.436. The van der Waals surface area contributed by atoms with Gasteiger partial charge in [-0.15, -0.1) is 0 Å². The summed E-state index contributed by atoms with van der Waals surface area (Å²) in [6.45, 7) is 0.218. The SMILES string of the molecule is O=C(Cn1cccnc1=O)NCc1nc2ccccc2[nH]1. The highest BCUT2D eigenvalue weighted by Gasteiger charge is 2.06. The molecule has 0 aliphatic carbocycles. The average molecular weight is 283 g/mol. The Balaban J connectivity index is 1.63. The summed E-state index contributed by atoms with van der Waals surface area (Å²) in [5.74, 6) is 0.397. The van der Waals surface area contributed by atoms with E-state index in [9.17, 15) is 9.59 Å². The van der Waals surface area contributed by atoms with Crippen LogP contribution in [0.3, 0.4) is 0 Å². The highest BCUT2D eigenvalue weighted by molar-refractivity contribution is 5.76. The molecule has 7 nitrogen and oxygen atoms in total. The van der Waals surface area contributed by atoms with Gasteiger partial charge in [-0.05, 0) is 18.2 Å². The second kappa shape index (κ2) is 5.58. The summed E-state index contributed by atoms with van der Waals surface area (Å²) in [7, 11) is 0. The number of rotatable bonds is 4. The van der Waals surface area contributed by atoms with Crippen LogP contribution in [0.4, 0.5) is 0 Å². The van der Waals surface area contributed by atoms with Crippen LogP contribution in [-0.2, 0) is 17.9 Å². The average Bonchev–Trinajstić information content (AvgIpc) is 2.90. The Hall–Kier alpha value is -2.96. The smallest absolute Gasteiger partial charge is 0.347 e. The molecule has 0 unspecified atom stereocenters. The number of imidazole rings is 1. The molecule has 1 aromatic carbocycles. The van der Waals surface area contributed by atoms with Crippen molar-refractivity contribution in [3.8, 4) is 0 Å². The minimum Gasteiger partial charge on any atom is -0.347 e. The lowest BCUT2D eigenvalue weighted by Crippen LogP contribution is -2.32. The van der Waals surface area contributed by atoms with Crippen LogP contribution < -0.4 is 11.0 Å². The Kier molecular flexibility index (Phi) is 3.46. The summed E-state index contributed by atoms with van der Waals surface area (Å²) in [6, 6.07) is 9.24. The lowest BCUT2D eigenvalue weighted by Gasteiger charge is -2.04. The quantitative estimate of drug-likeness (QED) is 0.726. The molecule has 0 bridgehead atoms.